The van der Waals surface area contributed by atoms with Gasteiger partial charge in [-0.2, -0.15) is 0 Å². The maximum absolute atomic E-state index is 3.34. The van der Waals surface area contributed by atoms with Gasteiger partial charge in [-0.1, -0.05) is 56.2 Å². The molecular formula is C15H21N. The monoisotopic (exact) mass is 215 g/mol. The number of unbranched alkanes of at least 4 members (excludes halogenated alkanes) is 3. The molecule has 86 valence electrons. The molecule has 0 aliphatic rings. The summed E-state index contributed by atoms with van der Waals surface area (Å²) in [6.45, 7) is 4.11. The Balaban J connectivity index is 2.05. The summed E-state index contributed by atoms with van der Waals surface area (Å²) >= 11 is 0. The molecule has 1 N–H and O–H groups in total. The summed E-state index contributed by atoms with van der Waals surface area (Å²) in [7, 11) is 0. The van der Waals surface area contributed by atoms with Crippen LogP contribution in [0.25, 0.3) is 0 Å². The number of hydrogen-bond acceptors (Lipinski definition) is 1. The zero-order valence-electron chi connectivity index (χ0n) is 10.1. The third-order valence-corrected chi connectivity index (χ3v) is 2.43. The molecular weight excluding hydrogens is 194 g/mol. The Morgan fingerprint density at radius 3 is 2.62 bits per heavy atom. The van der Waals surface area contributed by atoms with Crippen LogP contribution in [0.15, 0.2) is 30.3 Å². The first-order chi connectivity index (χ1) is 7.93. The minimum absolute atomic E-state index is 0.793. The first-order valence-corrected chi connectivity index (χ1v) is 6.18. The van der Waals surface area contributed by atoms with Crippen molar-refractivity contribution in [1.29, 1.82) is 0 Å². The molecule has 0 aliphatic heterocycles. The van der Waals surface area contributed by atoms with Gasteiger partial charge >= 0.3 is 0 Å². The van der Waals surface area contributed by atoms with Crippen molar-refractivity contribution in [2.24, 2.45) is 0 Å². The SMILES string of the molecule is CCCCCCNCC#Cc1ccccc1. The van der Waals surface area contributed by atoms with Crippen LogP contribution in [0.4, 0.5) is 0 Å². The van der Waals surface area contributed by atoms with Crippen molar-refractivity contribution in [1.82, 2.24) is 5.32 Å². The fraction of sp³-hybridized carbons (Fsp3) is 0.467. The third-order valence-electron chi connectivity index (χ3n) is 2.43. The molecule has 0 aliphatic carbocycles. The Morgan fingerprint density at radius 2 is 1.88 bits per heavy atom. The summed E-state index contributed by atoms with van der Waals surface area (Å²) in [4.78, 5) is 0. The second-order valence-electron chi connectivity index (χ2n) is 3.91. The van der Waals surface area contributed by atoms with Crippen LogP contribution in [0.5, 0.6) is 0 Å². The van der Waals surface area contributed by atoms with Crippen molar-refractivity contribution in [2.45, 2.75) is 32.6 Å². The van der Waals surface area contributed by atoms with Crippen molar-refractivity contribution in [3.8, 4) is 11.8 Å². The van der Waals surface area contributed by atoms with Gasteiger partial charge in [-0.15, -0.1) is 0 Å². The van der Waals surface area contributed by atoms with E-state index in [0.29, 0.717) is 0 Å². The predicted octanol–water partition coefficient (Wildman–Crippen LogP) is 3.21. The molecule has 0 amide bonds. The molecule has 0 fully saturated rings. The maximum atomic E-state index is 3.34. The molecule has 1 rings (SSSR count). The van der Waals surface area contributed by atoms with Crippen molar-refractivity contribution in [3.63, 3.8) is 0 Å². The summed E-state index contributed by atoms with van der Waals surface area (Å²) < 4.78 is 0. The van der Waals surface area contributed by atoms with Crippen LogP contribution in [-0.2, 0) is 0 Å². The fourth-order valence-corrected chi connectivity index (χ4v) is 1.50. The number of nitrogens with one attached hydrogen (secondary N) is 1. The van der Waals surface area contributed by atoms with Crippen LogP contribution in [0, 0.1) is 11.8 Å². The Kier molecular flexibility index (Phi) is 7.21. The summed E-state index contributed by atoms with van der Waals surface area (Å²) in [5.74, 6) is 6.27. The summed E-state index contributed by atoms with van der Waals surface area (Å²) in [6.07, 6.45) is 5.24. The highest BCUT2D eigenvalue weighted by atomic mass is 14.8. The van der Waals surface area contributed by atoms with Crippen LogP contribution in [0.2, 0.25) is 0 Å². The minimum atomic E-state index is 0.793. The molecule has 0 spiro atoms. The average Bonchev–Trinajstić information content (AvgIpc) is 2.34. The van der Waals surface area contributed by atoms with Crippen molar-refractivity contribution in [2.75, 3.05) is 13.1 Å². The predicted molar refractivity (Wildman–Crippen MR) is 70.3 cm³/mol. The van der Waals surface area contributed by atoms with Crippen molar-refractivity contribution in [3.05, 3.63) is 35.9 Å². The largest absolute Gasteiger partial charge is 0.306 e. The van der Waals surface area contributed by atoms with Crippen LogP contribution >= 0.6 is 0 Å². The number of rotatable bonds is 6. The average molecular weight is 215 g/mol. The van der Waals surface area contributed by atoms with Gasteiger partial charge in [0, 0.05) is 5.56 Å². The van der Waals surface area contributed by atoms with E-state index < -0.39 is 0 Å². The standard InChI is InChI=1S/C15H21N/c1-2-3-4-8-13-16-14-9-12-15-10-6-5-7-11-15/h5-7,10-11,16H,2-4,8,13-14H2,1H3. The topological polar surface area (TPSA) is 12.0 Å². The van der Waals surface area contributed by atoms with E-state index in [4.69, 9.17) is 0 Å². The lowest BCUT2D eigenvalue weighted by atomic mass is 10.2. The zero-order valence-corrected chi connectivity index (χ0v) is 10.1. The molecule has 0 bridgehead atoms. The molecule has 0 aromatic heterocycles. The van der Waals surface area contributed by atoms with Gasteiger partial charge in [-0.3, -0.25) is 0 Å². The van der Waals surface area contributed by atoms with E-state index in [9.17, 15) is 0 Å². The highest BCUT2D eigenvalue weighted by Crippen LogP contribution is 1.96. The van der Waals surface area contributed by atoms with Crippen molar-refractivity contribution >= 4 is 0 Å². The Bertz CT molecular complexity index is 318. The van der Waals surface area contributed by atoms with Crippen molar-refractivity contribution < 1.29 is 0 Å². The molecule has 0 radical (unpaired) electrons. The number of benzene rings is 1. The summed E-state index contributed by atoms with van der Waals surface area (Å²) in [5, 5.41) is 3.34. The van der Waals surface area contributed by atoms with Crippen LogP contribution in [0.1, 0.15) is 38.2 Å². The lowest BCUT2D eigenvalue weighted by Crippen LogP contribution is -2.15. The molecule has 0 saturated heterocycles. The second kappa shape index (κ2) is 9.00. The van der Waals surface area contributed by atoms with E-state index in [1.807, 2.05) is 30.3 Å². The summed E-state index contributed by atoms with van der Waals surface area (Å²) in [5.41, 5.74) is 1.09. The van der Waals surface area contributed by atoms with Gasteiger partial charge in [-0.25, -0.2) is 0 Å². The van der Waals surface area contributed by atoms with Gasteiger partial charge in [0.25, 0.3) is 0 Å². The van der Waals surface area contributed by atoms with Gasteiger partial charge in [0.05, 0.1) is 6.54 Å². The Labute approximate surface area is 99.3 Å². The van der Waals surface area contributed by atoms with E-state index >= 15 is 0 Å². The molecule has 1 aromatic rings. The lowest BCUT2D eigenvalue weighted by Gasteiger charge is -1.99. The quantitative estimate of drug-likeness (QED) is 0.567. The van der Waals surface area contributed by atoms with E-state index in [1.165, 1.54) is 25.7 Å². The molecule has 0 saturated carbocycles. The second-order valence-corrected chi connectivity index (χ2v) is 3.91. The normalized spacial score (nSPS) is 9.56. The first kappa shape index (κ1) is 12.8. The third kappa shape index (κ3) is 6.27. The van der Waals surface area contributed by atoms with Crippen LogP contribution < -0.4 is 5.32 Å². The highest BCUT2D eigenvalue weighted by Gasteiger charge is 1.86. The molecule has 1 aromatic carbocycles. The molecule has 1 heteroatoms. The Hall–Kier alpha value is -1.26. The lowest BCUT2D eigenvalue weighted by molar-refractivity contribution is 0.623. The van der Waals surface area contributed by atoms with E-state index in [-0.39, 0.29) is 0 Å². The molecule has 0 unspecified atom stereocenters. The van der Waals surface area contributed by atoms with Gasteiger partial charge < -0.3 is 5.32 Å². The van der Waals surface area contributed by atoms with E-state index in [1.54, 1.807) is 0 Å². The number of hydrogen-bond donors (Lipinski definition) is 1. The van der Waals surface area contributed by atoms with E-state index in [2.05, 4.69) is 24.1 Å². The Morgan fingerprint density at radius 1 is 1.06 bits per heavy atom. The van der Waals surface area contributed by atoms with Crippen LogP contribution in [0.3, 0.4) is 0 Å². The van der Waals surface area contributed by atoms with Gasteiger partial charge in [0.2, 0.25) is 0 Å². The minimum Gasteiger partial charge on any atom is -0.306 e. The van der Waals surface area contributed by atoms with E-state index in [0.717, 1.165) is 18.7 Å². The summed E-state index contributed by atoms with van der Waals surface area (Å²) in [6, 6.07) is 10.1. The van der Waals surface area contributed by atoms with Crippen LogP contribution in [-0.4, -0.2) is 13.1 Å². The van der Waals surface area contributed by atoms with Gasteiger partial charge in [-0.05, 0) is 25.1 Å². The maximum Gasteiger partial charge on any atom is 0.0580 e. The fourth-order valence-electron chi connectivity index (χ4n) is 1.50. The zero-order chi connectivity index (χ0) is 11.5. The van der Waals surface area contributed by atoms with Gasteiger partial charge in [0.1, 0.15) is 0 Å². The highest BCUT2D eigenvalue weighted by molar-refractivity contribution is 5.33. The van der Waals surface area contributed by atoms with Gasteiger partial charge in [0.15, 0.2) is 0 Å². The smallest absolute Gasteiger partial charge is 0.0580 e. The first-order valence-electron chi connectivity index (χ1n) is 6.18. The molecule has 0 atom stereocenters. The molecule has 0 heterocycles. The molecule has 1 nitrogen and oxygen atoms in total. The molecule has 16 heavy (non-hydrogen) atoms.